The first kappa shape index (κ1) is 23.0. The molecule has 0 bridgehead atoms. The van der Waals surface area contributed by atoms with Crippen molar-refractivity contribution in [3.8, 4) is 22.4 Å². The van der Waals surface area contributed by atoms with E-state index < -0.39 is 0 Å². The van der Waals surface area contributed by atoms with Crippen LogP contribution in [0.4, 0.5) is 0 Å². The van der Waals surface area contributed by atoms with Crippen molar-refractivity contribution in [3.05, 3.63) is 87.9 Å². The van der Waals surface area contributed by atoms with Crippen molar-refractivity contribution in [2.24, 2.45) is 0 Å². The fourth-order valence-corrected chi connectivity index (χ4v) is 6.56. The molecule has 0 radical (unpaired) electrons. The molecule has 3 heterocycles. The molecule has 2 nitrogen and oxygen atoms in total. The molecule has 0 aliphatic carbocycles. The Morgan fingerprint density at radius 1 is 0.778 bits per heavy atom. The maximum absolute atomic E-state index is 6.55. The average Bonchev–Trinajstić information content (AvgIpc) is 3.32. The fraction of sp³-hybridized carbons (Fsp3) is 0.242. The van der Waals surface area contributed by atoms with Crippen LogP contribution < -0.4 is 0 Å². The third kappa shape index (κ3) is 3.49. The molecule has 3 heteroatoms. The molecule has 36 heavy (non-hydrogen) atoms. The zero-order valence-electron chi connectivity index (χ0n) is 22.0. The number of furan rings is 1. The van der Waals surface area contributed by atoms with E-state index >= 15 is 0 Å². The molecule has 0 amide bonds. The lowest BCUT2D eigenvalue weighted by Gasteiger charge is -2.25. The minimum Gasteiger partial charge on any atom is -0.455 e. The first-order valence-corrected chi connectivity index (χ1v) is 13.4. The van der Waals surface area contributed by atoms with E-state index in [0.29, 0.717) is 0 Å². The van der Waals surface area contributed by atoms with Gasteiger partial charge in [0.15, 0.2) is 0 Å². The van der Waals surface area contributed by atoms with Gasteiger partial charge in [-0.25, -0.2) is 0 Å². The van der Waals surface area contributed by atoms with Gasteiger partial charge >= 0.3 is 0 Å². The van der Waals surface area contributed by atoms with Gasteiger partial charge in [0.25, 0.3) is 0 Å². The van der Waals surface area contributed by atoms with Gasteiger partial charge in [0.2, 0.25) is 0 Å². The number of rotatable bonds is 2. The zero-order chi connectivity index (χ0) is 25.4. The smallest absolute Gasteiger partial charge is 0.144 e. The molecule has 0 fully saturated rings. The minimum absolute atomic E-state index is 0.0251. The average molecular weight is 490 g/mol. The number of aryl methyl sites for hydroxylation is 4. The van der Waals surface area contributed by atoms with E-state index in [0.717, 1.165) is 27.8 Å². The zero-order valence-corrected chi connectivity index (χ0v) is 22.9. The maximum atomic E-state index is 6.55. The molecule has 6 rings (SSSR count). The third-order valence-electron chi connectivity index (χ3n) is 7.53. The van der Waals surface area contributed by atoms with Crippen LogP contribution in [0, 0.1) is 27.7 Å². The number of benzene rings is 3. The van der Waals surface area contributed by atoms with Crippen LogP contribution in [0.5, 0.6) is 0 Å². The van der Waals surface area contributed by atoms with Crippen molar-refractivity contribution in [2.75, 3.05) is 0 Å². The van der Waals surface area contributed by atoms with Gasteiger partial charge in [-0.1, -0.05) is 51.1 Å². The van der Waals surface area contributed by atoms with Crippen molar-refractivity contribution < 1.29 is 4.42 Å². The summed E-state index contributed by atoms with van der Waals surface area (Å²) in [6, 6.07) is 19.7. The largest absolute Gasteiger partial charge is 0.455 e. The lowest BCUT2D eigenvalue weighted by molar-refractivity contribution is 0.589. The Morgan fingerprint density at radius 2 is 1.50 bits per heavy atom. The quantitative estimate of drug-likeness (QED) is 0.242. The highest BCUT2D eigenvalue weighted by Crippen LogP contribution is 2.42. The van der Waals surface area contributed by atoms with Crippen LogP contribution in [0.3, 0.4) is 0 Å². The molecule has 0 aliphatic rings. The number of nitrogens with zero attached hydrogens (tertiary/aromatic N) is 1. The summed E-state index contributed by atoms with van der Waals surface area (Å²) in [7, 11) is 0. The first-order valence-electron chi connectivity index (χ1n) is 12.6. The van der Waals surface area contributed by atoms with Crippen LogP contribution in [-0.2, 0) is 5.41 Å². The van der Waals surface area contributed by atoms with Crippen molar-refractivity contribution in [1.29, 1.82) is 0 Å². The summed E-state index contributed by atoms with van der Waals surface area (Å²) in [5.41, 5.74) is 11.5. The standard InChI is InChI=1S/C33H31NOS/c1-18-10-8-11-19(2)31(18)26-15-28(34-17-27(26)33(5,6)7)23-13-9-12-22-25-14-24-20(3)21(4)36-30(24)16-29(25)35-32(22)23/h8-17H,1-7H3. The fourth-order valence-electron chi connectivity index (χ4n) is 5.48. The van der Waals surface area contributed by atoms with E-state index in [1.165, 1.54) is 53.7 Å². The topological polar surface area (TPSA) is 26.0 Å². The molecule has 0 saturated carbocycles. The molecule has 6 aromatic rings. The van der Waals surface area contributed by atoms with Gasteiger partial charge in [-0.05, 0) is 96.1 Å². The summed E-state index contributed by atoms with van der Waals surface area (Å²) in [5, 5.41) is 3.63. The summed E-state index contributed by atoms with van der Waals surface area (Å²) >= 11 is 1.84. The number of para-hydroxylation sites is 1. The highest BCUT2D eigenvalue weighted by Gasteiger charge is 2.23. The molecular formula is C33H31NOS. The molecule has 0 atom stereocenters. The second kappa shape index (κ2) is 8.04. The van der Waals surface area contributed by atoms with Crippen molar-refractivity contribution in [2.45, 2.75) is 53.9 Å². The second-order valence-corrected chi connectivity index (χ2v) is 12.3. The predicted molar refractivity (Wildman–Crippen MR) is 155 cm³/mol. The number of fused-ring (bicyclic) bond motifs is 4. The van der Waals surface area contributed by atoms with Crippen LogP contribution in [0.2, 0.25) is 0 Å². The Balaban J connectivity index is 1.63. The van der Waals surface area contributed by atoms with Gasteiger partial charge in [-0.15, -0.1) is 11.3 Å². The van der Waals surface area contributed by atoms with E-state index in [2.05, 4.69) is 109 Å². The molecule has 180 valence electrons. The number of hydrogen-bond acceptors (Lipinski definition) is 3. The molecule has 0 N–H and O–H groups in total. The van der Waals surface area contributed by atoms with Gasteiger partial charge in [-0.2, -0.15) is 0 Å². The van der Waals surface area contributed by atoms with E-state index in [4.69, 9.17) is 9.40 Å². The summed E-state index contributed by atoms with van der Waals surface area (Å²) in [6.07, 6.45) is 2.07. The van der Waals surface area contributed by atoms with Gasteiger partial charge in [0, 0.05) is 32.1 Å². The van der Waals surface area contributed by atoms with Crippen molar-refractivity contribution >= 4 is 43.4 Å². The van der Waals surface area contributed by atoms with Crippen LogP contribution >= 0.6 is 11.3 Å². The molecule has 0 aliphatic heterocycles. The van der Waals surface area contributed by atoms with Gasteiger partial charge in [0.05, 0.1) is 5.69 Å². The third-order valence-corrected chi connectivity index (χ3v) is 8.70. The van der Waals surface area contributed by atoms with Crippen LogP contribution in [-0.4, -0.2) is 4.98 Å². The summed E-state index contributed by atoms with van der Waals surface area (Å²) in [5.74, 6) is 0. The lowest BCUT2D eigenvalue weighted by atomic mass is 9.80. The molecule has 3 aromatic carbocycles. The molecule has 0 spiro atoms. The molecular weight excluding hydrogens is 458 g/mol. The van der Waals surface area contributed by atoms with Gasteiger partial charge in [-0.3, -0.25) is 4.98 Å². The number of aromatic nitrogens is 1. The van der Waals surface area contributed by atoms with Crippen molar-refractivity contribution in [1.82, 2.24) is 4.98 Å². The highest BCUT2D eigenvalue weighted by molar-refractivity contribution is 7.19. The van der Waals surface area contributed by atoms with E-state index in [9.17, 15) is 0 Å². The predicted octanol–water partition coefficient (Wildman–Crippen LogP) is 10.1. The SMILES string of the molecule is Cc1cccc(C)c1-c1cc(-c2cccc3c2oc2cc4sc(C)c(C)c4cc23)ncc1C(C)(C)C. The monoisotopic (exact) mass is 489 g/mol. The molecule has 3 aromatic heterocycles. The van der Waals surface area contributed by atoms with Crippen LogP contribution in [0.1, 0.15) is 47.9 Å². The molecule has 0 unspecified atom stereocenters. The first-order chi connectivity index (χ1) is 17.1. The summed E-state index contributed by atoms with van der Waals surface area (Å²) in [4.78, 5) is 6.36. The van der Waals surface area contributed by atoms with E-state index in [1.807, 2.05) is 11.3 Å². The van der Waals surface area contributed by atoms with Crippen LogP contribution in [0.25, 0.3) is 54.4 Å². The van der Waals surface area contributed by atoms with Gasteiger partial charge in [0.1, 0.15) is 11.2 Å². The minimum atomic E-state index is -0.0251. The molecule has 0 saturated heterocycles. The Kier molecular flexibility index (Phi) is 5.14. The summed E-state index contributed by atoms with van der Waals surface area (Å²) < 4.78 is 7.83. The second-order valence-electron chi connectivity index (χ2n) is 11.0. The number of pyridine rings is 1. The Hall–Kier alpha value is -3.43. The Labute approximate surface area is 216 Å². The van der Waals surface area contributed by atoms with E-state index in [-0.39, 0.29) is 5.41 Å². The maximum Gasteiger partial charge on any atom is 0.144 e. The summed E-state index contributed by atoms with van der Waals surface area (Å²) in [6.45, 7) is 15.6. The van der Waals surface area contributed by atoms with E-state index in [1.54, 1.807) is 0 Å². The lowest BCUT2D eigenvalue weighted by Crippen LogP contribution is -2.14. The number of hydrogen-bond donors (Lipinski definition) is 0. The Bertz CT molecular complexity index is 1790. The van der Waals surface area contributed by atoms with Crippen LogP contribution in [0.15, 0.2) is 65.2 Å². The van der Waals surface area contributed by atoms with Gasteiger partial charge < -0.3 is 4.42 Å². The normalized spacial score (nSPS) is 12.3. The highest BCUT2D eigenvalue weighted by atomic mass is 32.1. The Morgan fingerprint density at radius 3 is 2.22 bits per heavy atom. The number of thiophene rings is 1. The van der Waals surface area contributed by atoms with Crippen molar-refractivity contribution in [3.63, 3.8) is 0 Å².